The van der Waals surface area contributed by atoms with E-state index < -0.39 is 10.0 Å². The van der Waals surface area contributed by atoms with E-state index in [0.717, 1.165) is 45.6 Å². The van der Waals surface area contributed by atoms with E-state index in [-0.39, 0.29) is 5.75 Å². The number of rotatable bonds is 10. The van der Waals surface area contributed by atoms with E-state index in [4.69, 9.17) is 0 Å². The van der Waals surface area contributed by atoms with Crippen molar-refractivity contribution in [2.75, 3.05) is 45.0 Å². The number of piperidine rings is 1. The van der Waals surface area contributed by atoms with Crippen LogP contribution >= 0.6 is 0 Å². The topological polar surface area (TPSA) is 61.4 Å². The van der Waals surface area contributed by atoms with Crippen LogP contribution in [0.15, 0.2) is 0 Å². The molecule has 0 spiro atoms. The van der Waals surface area contributed by atoms with Crippen molar-refractivity contribution < 1.29 is 8.42 Å². The molecule has 1 fully saturated rings. The fourth-order valence-electron chi connectivity index (χ4n) is 2.33. The van der Waals surface area contributed by atoms with Gasteiger partial charge >= 0.3 is 0 Å². The Bertz CT molecular complexity index is 314. The molecule has 1 aliphatic rings. The molecular weight excluding hydrogens is 262 g/mol. The van der Waals surface area contributed by atoms with E-state index in [2.05, 4.69) is 21.9 Å². The SMILES string of the molecule is CCNCCCCS(=O)(=O)NCCN1CCCCC1. The van der Waals surface area contributed by atoms with Gasteiger partial charge in [-0.1, -0.05) is 13.3 Å². The van der Waals surface area contributed by atoms with Crippen LogP contribution in [0.3, 0.4) is 0 Å². The summed E-state index contributed by atoms with van der Waals surface area (Å²) in [6.07, 6.45) is 5.45. The molecule has 0 aromatic heterocycles. The minimum atomic E-state index is -3.07. The van der Waals surface area contributed by atoms with E-state index in [0.29, 0.717) is 6.54 Å². The lowest BCUT2D eigenvalue weighted by Crippen LogP contribution is -2.38. The van der Waals surface area contributed by atoms with Gasteiger partial charge in [0, 0.05) is 13.1 Å². The molecule has 0 radical (unpaired) electrons. The summed E-state index contributed by atoms with van der Waals surface area (Å²) in [5.74, 6) is 0.248. The highest BCUT2D eigenvalue weighted by Crippen LogP contribution is 2.07. The molecule has 19 heavy (non-hydrogen) atoms. The lowest BCUT2D eigenvalue weighted by molar-refractivity contribution is 0.233. The summed E-state index contributed by atoms with van der Waals surface area (Å²) >= 11 is 0. The van der Waals surface area contributed by atoms with Crippen LogP contribution in [-0.2, 0) is 10.0 Å². The van der Waals surface area contributed by atoms with Crippen LogP contribution in [0, 0.1) is 0 Å². The number of likely N-dealkylation sites (tertiary alicyclic amines) is 1. The third-order valence-corrected chi connectivity index (χ3v) is 4.94. The molecule has 0 aromatic rings. The van der Waals surface area contributed by atoms with Crippen molar-refractivity contribution in [2.24, 2.45) is 0 Å². The van der Waals surface area contributed by atoms with Crippen LogP contribution in [0.4, 0.5) is 0 Å². The maximum Gasteiger partial charge on any atom is 0.211 e. The summed E-state index contributed by atoms with van der Waals surface area (Å²) in [5.41, 5.74) is 0. The molecule has 1 saturated heterocycles. The lowest BCUT2D eigenvalue weighted by atomic mass is 10.1. The van der Waals surface area contributed by atoms with Crippen molar-refractivity contribution in [3.05, 3.63) is 0 Å². The van der Waals surface area contributed by atoms with Gasteiger partial charge in [-0.3, -0.25) is 0 Å². The van der Waals surface area contributed by atoms with Crippen LogP contribution in [0.5, 0.6) is 0 Å². The second-order valence-electron chi connectivity index (χ2n) is 5.18. The van der Waals surface area contributed by atoms with Gasteiger partial charge in [-0.25, -0.2) is 13.1 Å². The number of nitrogens with zero attached hydrogens (tertiary/aromatic N) is 1. The van der Waals surface area contributed by atoms with Gasteiger partial charge in [-0.15, -0.1) is 0 Å². The Balaban J connectivity index is 2.05. The summed E-state index contributed by atoms with van der Waals surface area (Å²) < 4.78 is 26.2. The van der Waals surface area contributed by atoms with Crippen LogP contribution in [0.25, 0.3) is 0 Å². The van der Waals surface area contributed by atoms with Crippen molar-refractivity contribution in [1.82, 2.24) is 14.9 Å². The number of sulfonamides is 1. The average Bonchev–Trinajstić information content (AvgIpc) is 2.39. The first kappa shape index (κ1) is 16.9. The molecule has 114 valence electrons. The Kier molecular flexibility index (Phi) is 8.61. The monoisotopic (exact) mass is 291 g/mol. The van der Waals surface area contributed by atoms with Gasteiger partial charge in [0.05, 0.1) is 5.75 Å². The van der Waals surface area contributed by atoms with Gasteiger partial charge in [-0.2, -0.15) is 0 Å². The van der Waals surface area contributed by atoms with E-state index in [1.54, 1.807) is 0 Å². The van der Waals surface area contributed by atoms with Gasteiger partial charge in [-0.05, 0) is 51.9 Å². The lowest BCUT2D eigenvalue weighted by Gasteiger charge is -2.26. The molecule has 5 nitrogen and oxygen atoms in total. The molecule has 6 heteroatoms. The van der Waals surface area contributed by atoms with Crippen molar-refractivity contribution in [3.8, 4) is 0 Å². The molecule has 1 rings (SSSR count). The zero-order chi connectivity index (χ0) is 14.0. The Morgan fingerprint density at radius 3 is 2.47 bits per heavy atom. The van der Waals surface area contributed by atoms with Gasteiger partial charge in [0.1, 0.15) is 0 Å². The Morgan fingerprint density at radius 1 is 1.05 bits per heavy atom. The first-order valence-corrected chi connectivity index (χ1v) is 9.19. The summed E-state index contributed by atoms with van der Waals surface area (Å²) in [6, 6.07) is 0. The smallest absolute Gasteiger partial charge is 0.211 e. The molecular formula is C13H29N3O2S. The van der Waals surface area contributed by atoms with Crippen molar-refractivity contribution >= 4 is 10.0 Å². The van der Waals surface area contributed by atoms with E-state index >= 15 is 0 Å². The summed E-state index contributed by atoms with van der Waals surface area (Å²) in [4.78, 5) is 2.34. The second kappa shape index (κ2) is 9.69. The number of unbranched alkanes of at least 4 members (excludes halogenated alkanes) is 1. The molecule has 0 atom stereocenters. The third-order valence-electron chi connectivity index (χ3n) is 3.47. The highest BCUT2D eigenvalue weighted by atomic mass is 32.2. The normalized spacial score (nSPS) is 17.7. The van der Waals surface area contributed by atoms with Crippen molar-refractivity contribution in [3.63, 3.8) is 0 Å². The molecule has 1 heterocycles. The highest BCUT2D eigenvalue weighted by Gasteiger charge is 2.12. The molecule has 0 amide bonds. The molecule has 0 aliphatic carbocycles. The van der Waals surface area contributed by atoms with Gasteiger partial charge in [0.15, 0.2) is 0 Å². The second-order valence-corrected chi connectivity index (χ2v) is 7.10. The Hall–Kier alpha value is -0.170. The minimum absolute atomic E-state index is 0.248. The number of nitrogens with one attached hydrogen (secondary N) is 2. The van der Waals surface area contributed by atoms with Crippen LogP contribution in [0.1, 0.15) is 39.0 Å². The zero-order valence-corrected chi connectivity index (χ0v) is 13.0. The molecule has 0 aromatic carbocycles. The fourth-order valence-corrected chi connectivity index (χ4v) is 3.46. The summed E-state index contributed by atoms with van der Waals surface area (Å²) in [5, 5.41) is 3.20. The maximum atomic E-state index is 11.8. The Labute approximate surface area is 118 Å². The maximum absolute atomic E-state index is 11.8. The molecule has 0 unspecified atom stereocenters. The van der Waals surface area contributed by atoms with Crippen LogP contribution in [-0.4, -0.2) is 58.3 Å². The highest BCUT2D eigenvalue weighted by molar-refractivity contribution is 7.89. The largest absolute Gasteiger partial charge is 0.317 e. The van der Waals surface area contributed by atoms with E-state index in [1.807, 2.05) is 0 Å². The molecule has 2 N–H and O–H groups in total. The van der Waals surface area contributed by atoms with E-state index in [1.165, 1.54) is 19.3 Å². The van der Waals surface area contributed by atoms with Crippen molar-refractivity contribution in [2.45, 2.75) is 39.0 Å². The number of hydrogen-bond acceptors (Lipinski definition) is 4. The van der Waals surface area contributed by atoms with Crippen molar-refractivity contribution in [1.29, 1.82) is 0 Å². The predicted octanol–water partition coefficient (Wildman–Crippen LogP) is 0.781. The van der Waals surface area contributed by atoms with Gasteiger partial charge < -0.3 is 10.2 Å². The first-order valence-electron chi connectivity index (χ1n) is 7.54. The van der Waals surface area contributed by atoms with Gasteiger partial charge in [0.25, 0.3) is 0 Å². The summed E-state index contributed by atoms with van der Waals surface area (Å²) in [6.45, 7) is 7.53. The number of hydrogen-bond donors (Lipinski definition) is 2. The zero-order valence-electron chi connectivity index (χ0n) is 12.2. The van der Waals surface area contributed by atoms with Crippen LogP contribution < -0.4 is 10.0 Å². The first-order chi connectivity index (χ1) is 9.14. The fraction of sp³-hybridized carbons (Fsp3) is 1.00. The quantitative estimate of drug-likeness (QED) is 0.584. The minimum Gasteiger partial charge on any atom is -0.317 e. The van der Waals surface area contributed by atoms with Crippen LogP contribution in [0.2, 0.25) is 0 Å². The predicted molar refractivity (Wildman–Crippen MR) is 79.9 cm³/mol. The van der Waals surface area contributed by atoms with Gasteiger partial charge in [0.2, 0.25) is 10.0 Å². The summed E-state index contributed by atoms with van der Waals surface area (Å²) in [7, 11) is -3.07. The molecule has 0 saturated carbocycles. The standard InChI is InChI=1S/C13H29N3O2S/c1-2-14-8-4-7-13-19(17,18)15-9-12-16-10-5-3-6-11-16/h14-15H,2-13H2,1H3. The third kappa shape index (κ3) is 8.57. The van der Waals surface area contributed by atoms with E-state index in [9.17, 15) is 8.42 Å². The Morgan fingerprint density at radius 2 is 1.79 bits per heavy atom. The molecule has 1 aliphatic heterocycles. The molecule has 0 bridgehead atoms. The average molecular weight is 291 g/mol.